The van der Waals surface area contributed by atoms with Gasteiger partial charge in [-0.3, -0.25) is 9.59 Å². The maximum absolute atomic E-state index is 12.6. The Morgan fingerprint density at radius 3 is 2.68 bits per heavy atom. The van der Waals surface area contributed by atoms with Crippen molar-refractivity contribution in [3.05, 3.63) is 51.7 Å². The largest absolute Gasteiger partial charge is 0.433 e. The van der Waals surface area contributed by atoms with Gasteiger partial charge in [-0.25, -0.2) is 15.0 Å². The van der Waals surface area contributed by atoms with E-state index in [9.17, 15) is 22.8 Å². The van der Waals surface area contributed by atoms with Gasteiger partial charge < -0.3 is 10.3 Å². The fraction of sp³-hybridized carbons (Fsp3) is 0.250. The fourth-order valence-corrected chi connectivity index (χ4v) is 1.57. The topological polar surface area (TPSA) is 101 Å². The predicted octanol–water partition coefficient (Wildman–Crippen LogP) is 0.817. The number of halogens is 3. The van der Waals surface area contributed by atoms with E-state index in [-0.39, 0.29) is 23.8 Å². The molecular formula is C12H10F3N5O2. The normalized spacial score (nSPS) is 11.3. The number of hydrogen-bond acceptors (Lipinski definition) is 5. The summed E-state index contributed by atoms with van der Waals surface area (Å²) in [6, 6.07) is 0.814. The van der Waals surface area contributed by atoms with Crippen molar-refractivity contribution in [3.8, 4) is 0 Å². The molecule has 2 rings (SSSR count). The van der Waals surface area contributed by atoms with Crippen LogP contribution in [0.4, 0.5) is 13.2 Å². The molecule has 0 saturated heterocycles. The lowest BCUT2D eigenvalue weighted by molar-refractivity contribution is -0.141. The van der Waals surface area contributed by atoms with Crippen molar-refractivity contribution < 1.29 is 18.0 Å². The molecule has 0 saturated carbocycles. The van der Waals surface area contributed by atoms with Gasteiger partial charge in [0.2, 0.25) is 0 Å². The van der Waals surface area contributed by atoms with Crippen LogP contribution in [0.25, 0.3) is 0 Å². The van der Waals surface area contributed by atoms with E-state index in [1.165, 1.54) is 6.92 Å². The second-order valence-corrected chi connectivity index (χ2v) is 4.29. The Labute approximate surface area is 121 Å². The first-order valence-corrected chi connectivity index (χ1v) is 6.00. The van der Waals surface area contributed by atoms with Gasteiger partial charge in [0.05, 0.1) is 12.7 Å². The molecule has 2 aromatic rings. The van der Waals surface area contributed by atoms with Gasteiger partial charge in [-0.1, -0.05) is 0 Å². The summed E-state index contributed by atoms with van der Waals surface area (Å²) in [5.74, 6) is -0.847. The number of carbonyl (C=O) groups excluding carboxylic acids is 1. The van der Waals surface area contributed by atoms with Crippen LogP contribution in [0.2, 0.25) is 0 Å². The second kappa shape index (κ2) is 5.92. The number of H-pyrrole nitrogens is 1. The smallest absolute Gasteiger partial charge is 0.343 e. The van der Waals surface area contributed by atoms with Gasteiger partial charge in [0.1, 0.15) is 17.2 Å². The van der Waals surface area contributed by atoms with Gasteiger partial charge in [-0.05, 0) is 13.0 Å². The van der Waals surface area contributed by atoms with Crippen LogP contribution >= 0.6 is 0 Å². The zero-order valence-corrected chi connectivity index (χ0v) is 11.2. The molecule has 2 N–H and O–H groups in total. The van der Waals surface area contributed by atoms with E-state index >= 15 is 0 Å². The van der Waals surface area contributed by atoms with Gasteiger partial charge in [0.25, 0.3) is 11.5 Å². The Bertz CT molecular complexity index is 737. The number of alkyl halides is 3. The molecule has 22 heavy (non-hydrogen) atoms. The minimum absolute atomic E-state index is 0.0803. The summed E-state index contributed by atoms with van der Waals surface area (Å²) in [7, 11) is 0. The molecule has 0 radical (unpaired) electrons. The maximum Gasteiger partial charge on any atom is 0.433 e. The van der Waals surface area contributed by atoms with Crippen LogP contribution in [0, 0.1) is 6.92 Å². The number of nitrogens with zero attached hydrogens (tertiary/aromatic N) is 3. The predicted molar refractivity (Wildman–Crippen MR) is 67.8 cm³/mol. The molecule has 7 nitrogen and oxygen atoms in total. The Morgan fingerprint density at radius 1 is 1.36 bits per heavy atom. The Hall–Kier alpha value is -2.78. The number of nitrogens with one attached hydrogen (secondary N) is 2. The van der Waals surface area contributed by atoms with Crippen molar-refractivity contribution in [1.29, 1.82) is 0 Å². The SMILES string of the molecule is Cc1cc(C(F)(F)F)nc(CNC(=O)c2c[nH]c(=O)cn2)n1. The molecule has 0 aliphatic rings. The van der Waals surface area contributed by atoms with Crippen molar-refractivity contribution in [2.45, 2.75) is 19.6 Å². The minimum Gasteiger partial charge on any atom is -0.343 e. The van der Waals surface area contributed by atoms with Crippen LogP contribution in [0.3, 0.4) is 0 Å². The van der Waals surface area contributed by atoms with Crippen molar-refractivity contribution in [2.75, 3.05) is 0 Å². The molecule has 2 aromatic heterocycles. The van der Waals surface area contributed by atoms with Crippen LogP contribution in [0.15, 0.2) is 23.3 Å². The zero-order chi connectivity index (χ0) is 16.3. The van der Waals surface area contributed by atoms with E-state index in [1.807, 2.05) is 0 Å². The molecule has 0 bridgehead atoms. The lowest BCUT2D eigenvalue weighted by Gasteiger charge is -2.09. The first-order chi connectivity index (χ1) is 10.3. The van der Waals surface area contributed by atoms with E-state index in [0.717, 1.165) is 18.5 Å². The summed E-state index contributed by atoms with van der Waals surface area (Å²) in [5, 5.41) is 2.32. The molecule has 116 valence electrons. The van der Waals surface area contributed by atoms with Crippen molar-refractivity contribution in [3.63, 3.8) is 0 Å². The first kappa shape index (κ1) is 15.6. The monoisotopic (exact) mass is 313 g/mol. The van der Waals surface area contributed by atoms with Crippen LogP contribution in [0.1, 0.15) is 27.7 Å². The molecule has 0 aliphatic heterocycles. The molecule has 0 unspecified atom stereocenters. The third-order valence-electron chi connectivity index (χ3n) is 2.50. The average molecular weight is 313 g/mol. The summed E-state index contributed by atoms with van der Waals surface area (Å²) in [6.45, 7) is 1.09. The van der Waals surface area contributed by atoms with E-state index in [4.69, 9.17) is 0 Å². The lowest BCUT2D eigenvalue weighted by atomic mass is 10.3. The minimum atomic E-state index is -4.59. The third kappa shape index (κ3) is 3.87. The van der Waals surface area contributed by atoms with Gasteiger partial charge in [-0.15, -0.1) is 0 Å². The number of aromatic amines is 1. The molecule has 1 amide bonds. The van der Waals surface area contributed by atoms with Gasteiger partial charge in [0.15, 0.2) is 0 Å². The van der Waals surface area contributed by atoms with E-state index in [0.29, 0.717) is 0 Å². The molecular weight excluding hydrogens is 303 g/mol. The quantitative estimate of drug-likeness (QED) is 0.873. The molecule has 0 atom stereocenters. The standard InChI is InChI=1S/C12H10F3N5O2/c1-6-2-8(12(13,14)15)20-9(19-6)4-18-11(22)7-3-17-10(21)5-16-7/h2-3,5H,4H2,1H3,(H,17,21)(H,18,22). The Morgan fingerprint density at radius 2 is 2.09 bits per heavy atom. The van der Waals surface area contributed by atoms with Gasteiger partial charge >= 0.3 is 6.18 Å². The van der Waals surface area contributed by atoms with Crippen molar-refractivity contribution in [1.82, 2.24) is 25.3 Å². The molecule has 0 fully saturated rings. The van der Waals surface area contributed by atoms with Crippen LogP contribution in [-0.2, 0) is 12.7 Å². The fourth-order valence-electron chi connectivity index (χ4n) is 1.57. The van der Waals surface area contributed by atoms with Crippen molar-refractivity contribution in [2.24, 2.45) is 0 Å². The number of aromatic nitrogens is 4. The number of rotatable bonds is 3. The summed E-state index contributed by atoms with van der Waals surface area (Å²) >= 11 is 0. The van der Waals surface area contributed by atoms with Gasteiger partial charge in [0, 0.05) is 11.9 Å². The Kier molecular flexibility index (Phi) is 4.20. The first-order valence-electron chi connectivity index (χ1n) is 6.00. The number of carbonyl (C=O) groups is 1. The molecule has 0 spiro atoms. The van der Waals surface area contributed by atoms with Crippen molar-refractivity contribution >= 4 is 5.91 Å². The third-order valence-corrected chi connectivity index (χ3v) is 2.50. The van der Waals surface area contributed by atoms with Crippen LogP contribution in [0.5, 0.6) is 0 Å². The molecule has 0 aliphatic carbocycles. The summed E-state index contributed by atoms with van der Waals surface area (Å²) in [6.07, 6.45) is -2.58. The number of hydrogen-bond donors (Lipinski definition) is 2. The highest BCUT2D eigenvalue weighted by atomic mass is 19.4. The number of amides is 1. The van der Waals surface area contributed by atoms with E-state index < -0.39 is 23.3 Å². The molecule has 2 heterocycles. The van der Waals surface area contributed by atoms with E-state index in [2.05, 4.69) is 25.3 Å². The highest BCUT2D eigenvalue weighted by molar-refractivity contribution is 5.91. The van der Waals surface area contributed by atoms with Crippen LogP contribution in [-0.4, -0.2) is 25.8 Å². The highest BCUT2D eigenvalue weighted by Crippen LogP contribution is 2.27. The lowest BCUT2D eigenvalue weighted by Crippen LogP contribution is -2.26. The summed E-state index contributed by atoms with van der Waals surface area (Å²) in [4.78, 5) is 35.6. The number of aryl methyl sites for hydroxylation is 1. The second-order valence-electron chi connectivity index (χ2n) is 4.29. The average Bonchev–Trinajstić information content (AvgIpc) is 2.44. The Balaban J connectivity index is 2.11. The summed E-state index contributed by atoms with van der Waals surface area (Å²) in [5.41, 5.74) is -1.50. The van der Waals surface area contributed by atoms with Crippen LogP contribution < -0.4 is 10.9 Å². The zero-order valence-electron chi connectivity index (χ0n) is 11.2. The maximum atomic E-state index is 12.6. The molecule has 10 heteroatoms. The molecule has 0 aromatic carbocycles. The van der Waals surface area contributed by atoms with E-state index in [1.54, 1.807) is 0 Å². The summed E-state index contributed by atoms with van der Waals surface area (Å²) < 4.78 is 37.9. The highest BCUT2D eigenvalue weighted by Gasteiger charge is 2.33. The van der Waals surface area contributed by atoms with Gasteiger partial charge in [-0.2, -0.15) is 13.2 Å².